The molecule has 0 unspecified atom stereocenters. The maximum Gasteiger partial charge on any atom is 0.258 e. The fraction of sp³-hybridized carbons (Fsp3) is 0.0500. The summed E-state index contributed by atoms with van der Waals surface area (Å²) in [7, 11) is 0. The standard InChI is InChI=1S/C20H15FN2O3/c21-17-4-2-1-3-16(17)20(24)23-14-7-5-13(6-8-14)22-15-9-10-18-19(11-15)26-12-25-18/h1-11,22H,12H2,(H,23,24). The van der Waals surface area contributed by atoms with Gasteiger partial charge in [0, 0.05) is 23.1 Å². The Bertz CT molecular complexity index is 958. The van der Waals surface area contributed by atoms with Crippen molar-refractivity contribution in [2.75, 3.05) is 17.4 Å². The lowest BCUT2D eigenvalue weighted by molar-refractivity contribution is 0.102. The number of halogens is 1. The fourth-order valence-corrected chi connectivity index (χ4v) is 2.62. The van der Waals surface area contributed by atoms with Gasteiger partial charge in [-0.15, -0.1) is 0 Å². The van der Waals surface area contributed by atoms with Crippen LogP contribution in [0.15, 0.2) is 66.7 Å². The van der Waals surface area contributed by atoms with Gasteiger partial charge in [0.1, 0.15) is 5.82 Å². The number of carbonyl (C=O) groups is 1. The smallest absolute Gasteiger partial charge is 0.258 e. The summed E-state index contributed by atoms with van der Waals surface area (Å²) in [5.74, 6) is 0.385. The summed E-state index contributed by atoms with van der Waals surface area (Å²) in [6.07, 6.45) is 0. The highest BCUT2D eigenvalue weighted by Gasteiger charge is 2.13. The third-order valence-electron chi connectivity index (χ3n) is 3.92. The molecule has 1 heterocycles. The highest BCUT2D eigenvalue weighted by atomic mass is 19.1. The second-order valence-electron chi connectivity index (χ2n) is 5.70. The minimum absolute atomic E-state index is 0.00932. The number of benzene rings is 3. The van der Waals surface area contributed by atoms with Crippen LogP contribution in [0.3, 0.4) is 0 Å². The first-order valence-corrected chi connectivity index (χ1v) is 8.02. The van der Waals surface area contributed by atoms with E-state index in [9.17, 15) is 9.18 Å². The number of anilines is 3. The van der Waals surface area contributed by atoms with Crippen molar-refractivity contribution in [3.8, 4) is 11.5 Å². The molecular formula is C20H15FN2O3. The molecule has 0 atom stereocenters. The average molecular weight is 350 g/mol. The number of amides is 1. The van der Waals surface area contributed by atoms with E-state index in [4.69, 9.17) is 9.47 Å². The molecule has 1 aliphatic heterocycles. The minimum Gasteiger partial charge on any atom is -0.454 e. The van der Waals surface area contributed by atoms with Crippen LogP contribution >= 0.6 is 0 Å². The van der Waals surface area contributed by atoms with Crippen molar-refractivity contribution in [2.24, 2.45) is 0 Å². The van der Waals surface area contributed by atoms with Gasteiger partial charge in [-0.25, -0.2) is 4.39 Å². The van der Waals surface area contributed by atoms with E-state index in [1.165, 1.54) is 12.1 Å². The average Bonchev–Trinajstić information content (AvgIpc) is 3.11. The van der Waals surface area contributed by atoms with Crippen molar-refractivity contribution >= 4 is 23.0 Å². The molecule has 5 nitrogen and oxygen atoms in total. The molecule has 0 aromatic heterocycles. The van der Waals surface area contributed by atoms with Gasteiger partial charge in [0.05, 0.1) is 5.56 Å². The van der Waals surface area contributed by atoms with Gasteiger partial charge in [0.2, 0.25) is 6.79 Å². The van der Waals surface area contributed by atoms with Crippen molar-refractivity contribution < 1.29 is 18.7 Å². The summed E-state index contributed by atoms with van der Waals surface area (Å²) in [4.78, 5) is 12.1. The summed E-state index contributed by atoms with van der Waals surface area (Å²) < 4.78 is 24.3. The van der Waals surface area contributed by atoms with E-state index in [1.54, 1.807) is 24.3 Å². The molecule has 3 aromatic rings. The normalized spacial score (nSPS) is 11.9. The molecule has 4 rings (SSSR count). The predicted molar refractivity (Wildman–Crippen MR) is 96.6 cm³/mol. The number of nitrogens with one attached hydrogen (secondary N) is 2. The number of hydrogen-bond acceptors (Lipinski definition) is 4. The van der Waals surface area contributed by atoms with E-state index in [-0.39, 0.29) is 12.4 Å². The van der Waals surface area contributed by atoms with E-state index in [2.05, 4.69) is 10.6 Å². The predicted octanol–water partition coefficient (Wildman–Crippen LogP) is 4.55. The molecule has 130 valence electrons. The SMILES string of the molecule is O=C(Nc1ccc(Nc2ccc3c(c2)OCO3)cc1)c1ccccc1F. The number of rotatable bonds is 4. The zero-order valence-corrected chi connectivity index (χ0v) is 13.7. The van der Waals surface area contributed by atoms with E-state index >= 15 is 0 Å². The molecule has 0 saturated carbocycles. The number of hydrogen-bond donors (Lipinski definition) is 2. The van der Waals surface area contributed by atoms with E-state index < -0.39 is 11.7 Å². The van der Waals surface area contributed by atoms with Gasteiger partial charge in [-0.05, 0) is 48.5 Å². The molecular weight excluding hydrogens is 335 g/mol. The third-order valence-corrected chi connectivity index (χ3v) is 3.92. The zero-order valence-electron chi connectivity index (χ0n) is 13.7. The summed E-state index contributed by atoms with van der Waals surface area (Å²) in [5.41, 5.74) is 2.29. The Hall–Kier alpha value is -3.54. The van der Waals surface area contributed by atoms with E-state index in [0.717, 1.165) is 17.1 Å². The van der Waals surface area contributed by atoms with Crippen molar-refractivity contribution in [1.29, 1.82) is 0 Å². The lowest BCUT2D eigenvalue weighted by Gasteiger charge is -2.09. The van der Waals surface area contributed by atoms with Crippen LogP contribution in [0, 0.1) is 5.82 Å². The van der Waals surface area contributed by atoms with Gasteiger partial charge in [0.25, 0.3) is 5.91 Å². The first-order valence-electron chi connectivity index (χ1n) is 8.02. The van der Waals surface area contributed by atoms with Crippen molar-refractivity contribution in [1.82, 2.24) is 0 Å². The van der Waals surface area contributed by atoms with Crippen LogP contribution < -0.4 is 20.1 Å². The quantitative estimate of drug-likeness (QED) is 0.725. The molecule has 2 N–H and O–H groups in total. The molecule has 0 aliphatic carbocycles. The molecule has 1 aliphatic rings. The second-order valence-corrected chi connectivity index (χ2v) is 5.70. The van der Waals surface area contributed by atoms with Crippen molar-refractivity contribution in [3.63, 3.8) is 0 Å². The summed E-state index contributed by atoms with van der Waals surface area (Å²) in [5, 5.41) is 5.93. The van der Waals surface area contributed by atoms with Crippen molar-refractivity contribution in [3.05, 3.63) is 78.1 Å². The van der Waals surface area contributed by atoms with Gasteiger partial charge >= 0.3 is 0 Å². The Labute approximate surface area is 149 Å². The lowest BCUT2D eigenvalue weighted by atomic mass is 10.2. The maximum atomic E-state index is 13.7. The lowest BCUT2D eigenvalue weighted by Crippen LogP contribution is -2.13. The fourth-order valence-electron chi connectivity index (χ4n) is 2.62. The van der Waals surface area contributed by atoms with Crippen LogP contribution in [0.25, 0.3) is 0 Å². The van der Waals surface area contributed by atoms with Crippen LogP contribution in [0.2, 0.25) is 0 Å². The summed E-state index contributed by atoms with van der Waals surface area (Å²) in [6, 6.07) is 18.6. The summed E-state index contributed by atoms with van der Waals surface area (Å²) in [6.45, 7) is 0.231. The van der Waals surface area contributed by atoms with Crippen molar-refractivity contribution in [2.45, 2.75) is 0 Å². The highest BCUT2D eigenvalue weighted by Crippen LogP contribution is 2.35. The molecule has 0 bridgehead atoms. The topological polar surface area (TPSA) is 59.6 Å². The zero-order chi connectivity index (χ0) is 17.9. The van der Waals surface area contributed by atoms with E-state index in [0.29, 0.717) is 11.4 Å². The Balaban J connectivity index is 1.44. The molecule has 0 spiro atoms. The van der Waals surface area contributed by atoms with Crippen LogP contribution in [0.1, 0.15) is 10.4 Å². The monoisotopic (exact) mass is 350 g/mol. The molecule has 0 fully saturated rings. The largest absolute Gasteiger partial charge is 0.454 e. The van der Waals surface area contributed by atoms with Crippen LogP contribution in [-0.2, 0) is 0 Å². The van der Waals surface area contributed by atoms with Crippen LogP contribution in [0.5, 0.6) is 11.5 Å². The first kappa shape index (κ1) is 16.0. The molecule has 0 radical (unpaired) electrons. The van der Waals surface area contributed by atoms with Gasteiger partial charge in [0.15, 0.2) is 11.5 Å². The number of carbonyl (C=O) groups excluding carboxylic acids is 1. The van der Waals surface area contributed by atoms with E-state index in [1.807, 2.05) is 30.3 Å². The molecule has 3 aromatic carbocycles. The number of ether oxygens (including phenoxy) is 2. The Kier molecular flexibility index (Phi) is 4.15. The molecule has 0 saturated heterocycles. The van der Waals surface area contributed by atoms with Crippen LogP contribution in [0.4, 0.5) is 21.5 Å². The second kappa shape index (κ2) is 6.76. The van der Waals surface area contributed by atoms with Crippen LogP contribution in [-0.4, -0.2) is 12.7 Å². The maximum absolute atomic E-state index is 13.7. The van der Waals surface area contributed by atoms with Gasteiger partial charge in [-0.3, -0.25) is 4.79 Å². The minimum atomic E-state index is -0.550. The summed E-state index contributed by atoms with van der Waals surface area (Å²) >= 11 is 0. The van der Waals surface area contributed by atoms with Gasteiger partial charge < -0.3 is 20.1 Å². The van der Waals surface area contributed by atoms with Gasteiger partial charge in [-0.2, -0.15) is 0 Å². The Morgan fingerprint density at radius 2 is 1.54 bits per heavy atom. The highest BCUT2D eigenvalue weighted by molar-refractivity contribution is 6.04. The molecule has 26 heavy (non-hydrogen) atoms. The third kappa shape index (κ3) is 3.30. The molecule has 1 amide bonds. The Morgan fingerprint density at radius 1 is 0.846 bits per heavy atom. The number of fused-ring (bicyclic) bond motifs is 1. The Morgan fingerprint density at radius 3 is 2.35 bits per heavy atom. The first-order chi connectivity index (χ1) is 12.7. The molecule has 6 heteroatoms. The van der Waals surface area contributed by atoms with Gasteiger partial charge in [-0.1, -0.05) is 12.1 Å².